The maximum atomic E-state index is 12.3. The molecule has 0 spiro atoms. The number of oxime groups is 1. The average molecular weight is 478 g/mol. The van der Waals surface area contributed by atoms with Crippen LogP contribution in [0.4, 0.5) is 5.69 Å². The molecule has 0 saturated carbocycles. The highest BCUT2D eigenvalue weighted by atomic mass is 35.5. The maximum absolute atomic E-state index is 12.3. The number of halogens is 1. The second-order valence-electron chi connectivity index (χ2n) is 7.67. The summed E-state index contributed by atoms with van der Waals surface area (Å²) in [5, 5.41) is 15.5. The number of benzene rings is 1. The molecule has 8 nitrogen and oxygen atoms in total. The van der Waals surface area contributed by atoms with Gasteiger partial charge >= 0.3 is 0 Å². The third kappa shape index (κ3) is 5.79. The van der Waals surface area contributed by atoms with Gasteiger partial charge in [-0.2, -0.15) is 0 Å². The highest BCUT2D eigenvalue weighted by Crippen LogP contribution is 2.27. The number of ether oxygens (including phenoxy) is 1. The molecule has 1 atom stereocenters. The third-order valence-corrected chi connectivity index (χ3v) is 6.32. The van der Waals surface area contributed by atoms with E-state index in [4.69, 9.17) is 26.6 Å². The number of hydrogen-bond donors (Lipinski definition) is 2. The molecule has 2 aromatic rings. The van der Waals surface area contributed by atoms with Crippen molar-refractivity contribution in [3.05, 3.63) is 50.7 Å². The smallest absolute Gasteiger partial charge is 0.261 e. The van der Waals surface area contributed by atoms with Crippen LogP contribution in [0.25, 0.3) is 0 Å². The fourth-order valence-corrected chi connectivity index (χ4v) is 4.23. The maximum Gasteiger partial charge on any atom is 0.261 e. The number of nitrogens with zero attached hydrogens (tertiary/aromatic N) is 3. The van der Waals surface area contributed by atoms with E-state index in [0.717, 1.165) is 22.5 Å². The van der Waals surface area contributed by atoms with E-state index in [1.807, 2.05) is 39.3 Å². The summed E-state index contributed by atoms with van der Waals surface area (Å²) in [5.74, 6) is 0.252. The van der Waals surface area contributed by atoms with Crippen LogP contribution in [0.1, 0.15) is 27.2 Å². The van der Waals surface area contributed by atoms with Crippen LogP contribution in [-0.4, -0.2) is 76.4 Å². The van der Waals surface area contributed by atoms with Crippen molar-refractivity contribution in [3.63, 3.8) is 0 Å². The first-order valence-electron chi connectivity index (χ1n) is 10.2. The number of hydrogen-bond acceptors (Lipinski definition) is 7. The van der Waals surface area contributed by atoms with Crippen molar-refractivity contribution in [1.82, 2.24) is 10.2 Å². The second kappa shape index (κ2) is 10.8. The van der Waals surface area contributed by atoms with E-state index in [2.05, 4.69) is 15.4 Å². The minimum atomic E-state index is -0.249. The van der Waals surface area contributed by atoms with Crippen LogP contribution in [0.15, 0.2) is 35.5 Å². The van der Waals surface area contributed by atoms with E-state index in [1.165, 1.54) is 11.3 Å². The summed E-state index contributed by atoms with van der Waals surface area (Å²) in [6, 6.07) is 9.29. The van der Waals surface area contributed by atoms with Gasteiger partial charge < -0.3 is 24.7 Å². The number of rotatable bonds is 9. The summed E-state index contributed by atoms with van der Waals surface area (Å²) >= 11 is 7.15. The van der Waals surface area contributed by atoms with E-state index in [-0.39, 0.29) is 12.0 Å². The second-order valence-corrected chi connectivity index (χ2v) is 9.39. The molecule has 1 aliphatic rings. The summed E-state index contributed by atoms with van der Waals surface area (Å²) < 4.78 is 5.81. The Labute approximate surface area is 197 Å². The fourth-order valence-electron chi connectivity index (χ4n) is 3.27. The highest BCUT2D eigenvalue weighted by Gasteiger charge is 2.26. The Bertz CT molecular complexity index is 1010. The van der Waals surface area contributed by atoms with Gasteiger partial charge in [-0.25, -0.2) is 0 Å². The van der Waals surface area contributed by atoms with Crippen LogP contribution in [0.2, 0.25) is 4.34 Å². The molecule has 172 valence electrons. The topological polar surface area (TPSA) is 90.2 Å². The predicted octanol–water partition coefficient (Wildman–Crippen LogP) is 3.29. The summed E-state index contributed by atoms with van der Waals surface area (Å²) in [7, 11) is 7.36. The lowest BCUT2D eigenvalue weighted by molar-refractivity contribution is 0.0755. The van der Waals surface area contributed by atoms with E-state index in [9.17, 15) is 4.79 Å². The molecule has 0 saturated heterocycles. The van der Waals surface area contributed by atoms with Gasteiger partial charge in [-0.05, 0) is 18.2 Å². The molecule has 0 bridgehead atoms. The van der Waals surface area contributed by atoms with Gasteiger partial charge in [0.15, 0.2) is 0 Å². The van der Waals surface area contributed by atoms with Crippen molar-refractivity contribution in [1.29, 1.82) is 5.41 Å². The lowest BCUT2D eigenvalue weighted by atomic mass is 9.99. The first-order chi connectivity index (χ1) is 15.3. The van der Waals surface area contributed by atoms with Gasteiger partial charge in [-0.15, -0.1) is 11.3 Å². The molecule has 0 fully saturated rings. The standard InChI is InChI=1S/C22H28ClN5O3S/c1-27(2)21(24)14-5-6-16(18(11-14)28(3)9-10-30-4)17-12-15(31-26-17)13-25-22(29)19-7-8-20(23)32-19/h5-8,11,15,24H,9-10,12-13H2,1-4H3,(H,25,29). The Morgan fingerprint density at radius 3 is 2.78 bits per heavy atom. The summed E-state index contributed by atoms with van der Waals surface area (Å²) in [6.45, 7) is 1.62. The number of likely N-dealkylation sites (N-methyl/N-ethyl adjacent to an activating group) is 1. The number of amidine groups is 1. The van der Waals surface area contributed by atoms with Crippen LogP contribution in [0, 0.1) is 5.41 Å². The Morgan fingerprint density at radius 1 is 1.34 bits per heavy atom. The van der Waals surface area contributed by atoms with E-state index >= 15 is 0 Å². The Balaban J connectivity index is 1.72. The molecule has 2 heterocycles. The summed E-state index contributed by atoms with van der Waals surface area (Å²) in [4.78, 5) is 22.3. The zero-order valence-corrected chi connectivity index (χ0v) is 20.2. The minimum absolute atomic E-state index is 0.175. The predicted molar refractivity (Wildman–Crippen MR) is 130 cm³/mol. The van der Waals surface area contributed by atoms with Gasteiger partial charge in [0, 0.05) is 58.0 Å². The van der Waals surface area contributed by atoms with Crippen LogP contribution < -0.4 is 10.2 Å². The number of carbonyl (C=O) groups is 1. The lowest BCUT2D eigenvalue weighted by Gasteiger charge is -2.24. The van der Waals surface area contributed by atoms with Gasteiger partial charge in [-0.3, -0.25) is 10.2 Å². The van der Waals surface area contributed by atoms with Gasteiger partial charge in [0.1, 0.15) is 11.9 Å². The Morgan fingerprint density at radius 2 is 2.12 bits per heavy atom. The molecule has 10 heteroatoms. The molecule has 2 N–H and O–H groups in total. The SMILES string of the molecule is COCCN(C)c1cc(C(=N)N(C)C)ccc1C1=NOC(CNC(=O)c2ccc(Cl)s2)C1. The Kier molecular flexibility index (Phi) is 8.11. The molecule has 1 unspecified atom stereocenters. The zero-order chi connectivity index (χ0) is 23.3. The first kappa shape index (κ1) is 24.0. The molecule has 0 radical (unpaired) electrons. The van der Waals surface area contributed by atoms with Crippen molar-refractivity contribution in [2.24, 2.45) is 5.16 Å². The number of anilines is 1. The molecule has 1 aromatic carbocycles. The van der Waals surface area contributed by atoms with Crippen molar-refractivity contribution in [2.45, 2.75) is 12.5 Å². The number of thiophene rings is 1. The van der Waals surface area contributed by atoms with E-state index in [1.54, 1.807) is 24.1 Å². The number of carbonyl (C=O) groups excluding carboxylic acids is 1. The molecule has 1 amide bonds. The van der Waals surface area contributed by atoms with Crippen LogP contribution in [0.3, 0.4) is 0 Å². The average Bonchev–Trinajstić information content (AvgIpc) is 3.44. The Hall–Kier alpha value is -2.62. The van der Waals surface area contributed by atoms with E-state index < -0.39 is 0 Å². The fraction of sp³-hybridized carbons (Fsp3) is 0.409. The van der Waals surface area contributed by atoms with E-state index in [0.29, 0.717) is 41.2 Å². The largest absolute Gasteiger partial charge is 0.390 e. The molecule has 32 heavy (non-hydrogen) atoms. The third-order valence-electron chi connectivity index (χ3n) is 5.09. The molecular formula is C22H28ClN5O3S. The summed E-state index contributed by atoms with van der Waals surface area (Å²) in [5.41, 5.74) is 3.52. The van der Waals surface area contributed by atoms with Crippen LogP contribution in [0.5, 0.6) is 0 Å². The monoisotopic (exact) mass is 477 g/mol. The number of amides is 1. The quantitative estimate of drug-likeness (QED) is 0.427. The van der Waals surface area contributed by atoms with Gasteiger partial charge in [0.2, 0.25) is 0 Å². The van der Waals surface area contributed by atoms with Gasteiger partial charge in [0.05, 0.1) is 28.1 Å². The molecule has 3 rings (SSSR count). The van der Waals surface area contributed by atoms with Gasteiger partial charge in [-0.1, -0.05) is 28.9 Å². The molecule has 1 aliphatic heterocycles. The molecule has 0 aliphatic carbocycles. The number of methoxy groups -OCH3 is 1. The van der Waals surface area contributed by atoms with Crippen molar-refractivity contribution < 1.29 is 14.4 Å². The molecule has 1 aromatic heterocycles. The van der Waals surface area contributed by atoms with Crippen LogP contribution >= 0.6 is 22.9 Å². The summed E-state index contributed by atoms with van der Waals surface area (Å²) in [6.07, 6.45) is 0.322. The minimum Gasteiger partial charge on any atom is -0.390 e. The van der Waals surface area contributed by atoms with Gasteiger partial charge in [0.25, 0.3) is 5.91 Å². The first-order valence-corrected chi connectivity index (χ1v) is 11.4. The van der Waals surface area contributed by atoms with Crippen molar-refractivity contribution >= 4 is 46.1 Å². The lowest BCUT2D eigenvalue weighted by Crippen LogP contribution is -2.32. The zero-order valence-electron chi connectivity index (χ0n) is 18.6. The number of nitrogens with one attached hydrogen (secondary N) is 2. The van der Waals surface area contributed by atoms with Crippen molar-refractivity contribution in [3.8, 4) is 0 Å². The normalized spacial score (nSPS) is 15.2. The van der Waals surface area contributed by atoms with Crippen LogP contribution in [-0.2, 0) is 9.57 Å². The van der Waals surface area contributed by atoms with Crippen molar-refractivity contribution in [2.75, 3.05) is 52.8 Å². The molecular weight excluding hydrogens is 450 g/mol. The highest BCUT2D eigenvalue weighted by molar-refractivity contribution is 7.18.